The molecule has 1 aliphatic rings. The maximum atomic E-state index is 12.6. The van der Waals surface area contributed by atoms with Gasteiger partial charge in [0.1, 0.15) is 17.4 Å². The SMILES string of the molecule is COC(=O)/C(=C/c1cc(O)c(O)cc1OC)C(/C=C1/C=C(O)C(=O)C=C1OC)C(=O)OC. The predicted molar refractivity (Wildman–Crippen MR) is 111 cm³/mol. The molecule has 10 heteroatoms. The summed E-state index contributed by atoms with van der Waals surface area (Å²) in [5.74, 6) is -5.23. The van der Waals surface area contributed by atoms with E-state index < -0.39 is 40.9 Å². The quantitative estimate of drug-likeness (QED) is 0.322. The molecule has 0 saturated carbocycles. The molecule has 2 rings (SSSR count). The summed E-state index contributed by atoms with van der Waals surface area (Å²) in [6, 6.07) is 2.26. The number of rotatable bonds is 7. The number of carbonyl (C=O) groups is 3. The molecule has 0 bridgehead atoms. The predicted octanol–water partition coefficient (Wildman–Crippen LogP) is 1.93. The highest BCUT2D eigenvalue weighted by Crippen LogP contribution is 2.35. The number of aliphatic hydroxyl groups excluding tert-OH is 1. The first kappa shape index (κ1) is 24.1. The molecule has 1 aliphatic carbocycles. The third-order valence-corrected chi connectivity index (χ3v) is 4.51. The second kappa shape index (κ2) is 10.2. The number of methoxy groups -OCH3 is 4. The summed E-state index contributed by atoms with van der Waals surface area (Å²) in [7, 11) is 4.82. The molecular formula is C22H22O10. The fourth-order valence-electron chi connectivity index (χ4n) is 2.89. The van der Waals surface area contributed by atoms with Crippen LogP contribution in [-0.4, -0.2) is 61.5 Å². The molecule has 0 aliphatic heterocycles. The van der Waals surface area contributed by atoms with Gasteiger partial charge in [-0.05, 0) is 18.2 Å². The van der Waals surface area contributed by atoms with Gasteiger partial charge in [0.05, 0.1) is 34.0 Å². The average molecular weight is 446 g/mol. The standard InChI is InChI=1S/C22H22O10/c1-29-19-9-17(25)15(23)7-11(19)5-13(21(27)31-3)14(22(28)32-4)6-12-8-16(24)18(26)10-20(12)30-2/h5-10,13,23-24,26H,1-4H3/b11-5-,14-6+. The Labute approximate surface area is 183 Å². The minimum absolute atomic E-state index is 0.0470. The highest BCUT2D eigenvalue weighted by atomic mass is 16.5. The molecule has 1 aromatic rings. The smallest absolute Gasteiger partial charge is 0.334 e. The number of aromatic hydroxyl groups is 2. The van der Waals surface area contributed by atoms with Crippen molar-refractivity contribution in [1.82, 2.24) is 0 Å². The van der Waals surface area contributed by atoms with Gasteiger partial charge in [0.15, 0.2) is 17.3 Å². The molecule has 10 nitrogen and oxygen atoms in total. The number of hydrogen-bond donors (Lipinski definition) is 3. The first-order valence-electron chi connectivity index (χ1n) is 9.07. The number of aliphatic hydroxyl groups is 1. The van der Waals surface area contributed by atoms with E-state index in [1.807, 2.05) is 0 Å². The summed E-state index contributed by atoms with van der Waals surface area (Å²) < 4.78 is 19.9. The number of hydrogen-bond acceptors (Lipinski definition) is 10. The molecule has 0 fully saturated rings. The molecule has 32 heavy (non-hydrogen) atoms. The Morgan fingerprint density at radius 3 is 2.16 bits per heavy atom. The summed E-state index contributed by atoms with van der Waals surface area (Å²) >= 11 is 0. The molecule has 0 radical (unpaired) electrons. The van der Waals surface area contributed by atoms with E-state index in [1.165, 1.54) is 26.4 Å². The third-order valence-electron chi connectivity index (χ3n) is 4.51. The van der Waals surface area contributed by atoms with E-state index in [0.29, 0.717) is 0 Å². The van der Waals surface area contributed by atoms with E-state index in [0.717, 1.165) is 38.5 Å². The molecule has 1 atom stereocenters. The minimum atomic E-state index is -1.38. The summed E-state index contributed by atoms with van der Waals surface area (Å²) in [6.07, 6.45) is 4.58. The topological polar surface area (TPSA) is 149 Å². The lowest BCUT2D eigenvalue weighted by Gasteiger charge is -2.18. The van der Waals surface area contributed by atoms with E-state index in [2.05, 4.69) is 0 Å². The van der Waals surface area contributed by atoms with E-state index in [1.54, 1.807) is 0 Å². The van der Waals surface area contributed by atoms with Gasteiger partial charge in [-0.15, -0.1) is 0 Å². The van der Waals surface area contributed by atoms with Gasteiger partial charge >= 0.3 is 11.9 Å². The Hall–Kier alpha value is -4.21. The van der Waals surface area contributed by atoms with Crippen molar-refractivity contribution in [1.29, 1.82) is 0 Å². The normalized spacial score (nSPS) is 16.1. The van der Waals surface area contributed by atoms with Gasteiger partial charge in [0.25, 0.3) is 0 Å². The lowest BCUT2D eigenvalue weighted by molar-refractivity contribution is -0.145. The third kappa shape index (κ3) is 5.09. The summed E-state index contributed by atoms with van der Waals surface area (Å²) in [5, 5.41) is 29.4. The summed E-state index contributed by atoms with van der Waals surface area (Å²) in [6.45, 7) is 0. The molecule has 0 spiro atoms. The first-order valence-corrected chi connectivity index (χ1v) is 9.07. The fourth-order valence-corrected chi connectivity index (χ4v) is 2.89. The number of esters is 2. The number of phenolic OH excluding ortho intramolecular Hbond substituents is 2. The van der Waals surface area contributed by atoms with Crippen LogP contribution in [0.4, 0.5) is 0 Å². The molecule has 0 aromatic heterocycles. The summed E-state index contributed by atoms with van der Waals surface area (Å²) in [4.78, 5) is 36.9. The van der Waals surface area contributed by atoms with E-state index in [9.17, 15) is 29.7 Å². The first-order chi connectivity index (χ1) is 15.2. The molecule has 0 amide bonds. The highest BCUT2D eigenvalue weighted by Gasteiger charge is 2.30. The van der Waals surface area contributed by atoms with Crippen molar-refractivity contribution in [3.8, 4) is 17.2 Å². The Bertz CT molecular complexity index is 1060. The van der Waals surface area contributed by atoms with E-state index in [-0.39, 0.29) is 28.2 Å². The monoisotopic (exact) mass is 446 g/mol. The fraction of sp³-hybridized carbons (Fsp3) is 0.227. The molecule has 0 heterocycles. The van der Waals surface area contributed by atoms with Gasteiger partial charge in [0.2, 0.25) is 5.78 Å². The van der Waals surface area contributed by atoms with Crippen LogP contribution in [0, 0.1) is 5.92 Å². The number of ketones is 1. The number of allylic oxidation sites excluding steroid dienone is 2. The zero-order valence-electron chi connectivity index (χ0n) is 17.7. The minimum Gasteiger partial charge on any atom is -0.504 e. The van der Waals surface area contributed by atoms with Crippen LogP contribution in [0.5, 0.6) is 17.2 Å². The van der Waals surface area contributed by atoms with Crippen molar-refractivity contribution < 1.29 is 48.7 Å². The largest absolute Gasteiger partial charge is 0.504 e. The van der Waals surface area contributed by atoms with Crippen LogP contribution in [0.2, 0.25) is 0 Å². The van der Waals surface area contributed by atoms with Crippen molar-refractivity contribution in [2.24, 2.45) is 5.92 Å². The Balaban J connectivity index is 2.74. The zero-order valence-corrected chi connectivity index (χ0v) is 17.7. The van der Waals surface area contributed by atoms with Gasteiger partial charge in [-0.1, -0.05) is 6.08 Å². The van der Waals surface area contributed by atoms with Gasteiger partial charge in [-0.25, -0.2) is 4.79 Å². The number of benzene rings is 1. The van der Waals surface area contributed by atoms with Crippen LogP contribution in [0.25, 0.3) is 6.08 Å². The van der Waals surface area contributed by atoms with Crippen LogP contribution < -0.4 is 4.74 Å². The van der Waals surface area contributed by atoms with Gasteiger partial charge in [-0.2, -0.15) is 0 Å². The number of phenols is 2. The number of carbonyl (C=O) groups excluding carboxylic acids is 3. The van der Waals surface area contributed by atoms with Crippen LogP contribution in [0.3, 0.4) is 0 Å². The van der Waals surface area contributed by atoms with Crippen molar-refractivity contribution >= 4 is 23.8 Å². The van der Waals surface area contributed by atoms with Gasteiger partial charge < -0.3 is 34.3 Å². The maximum absolute atomic E-state index is 12.6. The van der Waals surface area contributed by atoms with Crippen LogP contribution >= 0.6 is 0 Å². The van der Waals surface area contributed by atoms with Crippen LogP contribution in [0.15, 0.2) is 53.0 Å². The number of ether oxygens (including phenoxy) is 4. The second-order valence-electron chi connectivity index (χ2n) is 6.40. The maximum Gasteiger partial charge on any atom is 0.334 e. The molecule has 170 valence electrons. The van der Waals surface area contributed by atoms with E-state index >= 15 is 0 Å². The Morgan fingerprint density at radius 2 is 1.59 bits per heavy atom. The molecule has 3 N–H and O–H groups in total. The van der Waals surface area contributed by atoms with Crippen molar-refractivity contribution in [2.75, 3.05) is 28.4 Å². The molecule has 1 unspecified atom stereocenters. The zero-order chi connectivity index (χ0) is 24.0. The average Bonchev–Trinajstić information content (AvgIpc) is 2.78. The molecule has 0 saturated heterocycles. The Morgan fingerprint density at radius 1 is 0.938 bits per heavy atom. The van der Waals surface area contributed by atoms with Gasteiger partial charge in [0, 0.05) is 23.3 Å². The Kier molecular flexibility index (Phi) is 7.67. The van der Waals surface area contributed by atoms with Gasteiger partial charge in [-0.3, -0.25) is 9.59 Å². The summed E-state index contributed by atoms with van der Waals surface area (Å²) in [5.41, 5.74) is 0.0565. The molecule has 1 aromatic carbocycles. The van der Waals surface area contributed by atoms with Crippen LogP contribution in [0.1, 0.15) is 5.56 Å². The van der Waals surface area contributed by atoms with Crippen LogP contribution in [-0.2, 0) is 28.6 Å². The van der Waals surface area contributed by atoms with Crippen molar-refractivity contribution in [3.63, 3.8) is 0 Å². The molecular weight excluding hydrogens is 424 g/mol. The highest BCUT2D eigenvalue weighted by molar-refractivity contribution is 6.05. The van der Waals surface area contributed by atoms with Crippen molar-refractivity contribution in [2.45, 2.75) is 0 Å². The second-order valence-corrected chi connectivity index (χ2v) is 6.40. The van der Waals surface area contributed by atoms with Crippen molar-refractivity contribution in [3.05, 3.63) is 58.6 Å². The van der Waals surface area contributed by atoms with E-state index in [4.69, 9.17) is 18.9 Å². The lowest BCUT2D eigenvalue weighted by Crippen LogP contribution is -2.23. The lowest BCUT2D eigenvalue weighted by atomic mass is 9.92.